The molecule has 1 heterocycles. The Morgan fingerprint density at radius 3 is 2.60 bits per heavy atom. The third-order valence-corrected chi connectivity index (χ3v) is 4.00. The number of hydrogen-bond acceptors (Lipinski definition) is 5. The van der Waals surface area contributed by atoms with Gasteiger partial charge in [-0.3, -0.25) is 0 Å². The van der Waals surface area contributed by atoms with Crippen LogP contribution < -0.4 is 5.32 Å². The first-order valence-electron chi connectivity index (χ1n) is 5.37. The van der Waals surface area contributed by atoms with Crippen LogP contribution in [0.25, 0.3) is 0 Å². The first-order chi connectivity index (χ1) is 7.28. The van der Waals surface area contributed by atoms with E-state index in [1.807, 2.05) is 18.7 Å². The van der Waals surface area contributed by atoms with Gasteiger partial charge in [-0.1, -0.05) is 5.16 Å². The summed E-state index contributed by atoms with van der Waals surface area (Å²) in [5, 5.41) is 7.90. The van der Waals surface area contributed by atoms with Crippen molar-refractivity contribution in [3.05, 3.63) is 5.82 Å². The van der Waals surface area contributed by atoms with E-state index in [0.29, 0.717) is 17.9 Å². The zero-order valence-corrected chi connectivity index (χ0v) is 10.0. The van der Waals surface area contributed by atoms with Gasteiger partial charge in [0.15, 0.2) is 5.82 Å². The molecule has 0 aliphatic heterocycles. The zero-order chi connectivity index (χ0) is 10.7. The molecule has 1 aliphatic carbocycles. The van der Waals surface area contributed by atoms with E-state index in [-0.39, 0.29) is 0 Å². The zero-order valence-electron chi connectivity index (χ0n) is 9.19. The van der Waals surface area contributed by atoms with Crippen molar-refractivity contribution in [1.29, 1.82) is 0 Å². The Labute approximate surface area is 94.2 Å². The molecule has 0 amide bonds. The van der Waals surface area contributed by atoms with Crippen LogP contribution in [0.2, 0.25) is 0 Å². The summed E-state index contributed by atoms with van der Waals surface area (Å²) in [6, 6.07) is 1.08. The average molecular weight is 227 g/mol. The summed E-state index contributed by atoms with van der Waals surface area (Å²) < 4.78 is 5.04. The Hall–Kier alpha value is -0.710. The van der Waals surface area contributed by atoms with Crippen molar-refractivity contribution in [3.63, 3.8) is 0 Å². The SMILES string of the molecule is CSC1CCC(Nc2nc(C)no2)CC1. The molecule has 1 aromatic rings. The summed E-state index contributed by atoms with van der Waals surface area (Å²) >= 11 is 1.98. The van der Waals surface area contributed by atoms with E-state index in [2.05, 4.69) is 21.7 Å². The summed E-state index contributed by atoms with van der Waals surface area (Å²) in [6.45, 7) is 1.83. The fourth-order valence-electron chi connectivity index (χ4n) is 1.97. The molecule has 1 fully saturated rings. The number of nitrogens with zero attached hydrogens (tertiary/aromatic N) is 2. The highest BCUT2D eigenvalue weighted by molar-refractivity contribution is 7.99. The Kier molecular flexibility index (Phi) is 3.51. The van der Waals surface area contributed by atoms with E-state index >= 15 is 0 Å². The van der Waals surface area contributed by atoms with Gasteiger partial charge in [-0.2, -0.15) is 16.7 Å². The standard InChI is InChI=1S/C10H17N3OS/c1-7-11-10(14-13-7)12-8-3-5-9(15-2)6-4-8/h8-9H,3-6H2,1-2H3,(H,11,12,13). The number of thioether (sulfide) groups is 1. The minimum atomic E-state index is 0.508. The number of hydrogen-bond donors (Lipinski definition) is 1. The van der Waals surface area contributed by atoms with Gasteiger partial charge in [0.25, 0.3) is 0 Å². The molecule has 4 nitrogen and oxygen atoms in total. The van der Waals surface area contributed by atoms with Crippen molar-refractivity contribution in [1.82, 2.24) is 10.1 Å². The molecule has 0 spiro atoms. The minimum absolute atomic E-state index is 0.508. The van der Waals surface area contributed by atoms with Crippen LogP contribution in [0.4, 0.5) is 6.01 Å². The van der Waals surface area contributed by atoms with Crippen LogP contribution in [0.1, 0.15) is 31.5 Å². The molecule has 84 valence electrons. The molecular formula is C10H17N3OS. The van der Waals surface area contributed by atoms with E-state index in [4.69, 9.17) is 4.52 Å². The molecule has 1 aliphatic rings. The van der Waals surface area contributed by atoms with E-state index in [0.717, 1.165) is 5.25 Å². The number of anilines is 1. The fourth-order valence-corrected chi connectivity index (χ4v) is 2.72. The molecule has 0 aromatic carbocycles. The maximum absolute atomic E-state index is 5.04. The monoisotopic (exact) mass is 227 g/mol. The maximum Gasteiger partial charge on any atom is 0.321 e. The van der Waals surface area contributed by atoms with Crippen LogP contribution in [-0.2, 0) is 0 Å². The highest BCUT2D eigenvalue weighted by atomic mass is 32.2. The minimum Gasteiger partial charge on any atom is -0.335 e. The first-order valence-corrected chi connectivity index (χ1v) is 6.66. The molecule has 2 rings (SSSR count). The third-order valence-electron chi connectivity index (χ3n) is 2.86. The molecule has 1 N–H and O–H groups in total. The smallest absolute Gasteiger partial charge is 0.321 e. The third kappa shape index (κ3) is 2.87. The normalized spacial score (nSPS) is 26.5. The molecule has 15 heavy (non-hydrogen) atoms. The number of nitrogens with one attached hydrogen (secondary N) is 1. The van der Waals surface area contributed by atoms with Crippen LogP contribution in [-0.4, -0.2) is 27.7 Å². The fraction of sp³-hybridized carbons (Fsp3) is 0.800. The summed E-state index contributed by atoms with van der Waals surface area (Å²) in [7, 11) is 0. The largest absolute Gasteiger partial charge is 0.335 e. The molecule has 1 aromatic heterocycles. The lowest BCUT2D eigenvalue weighted by molar-refractivity contribution is 0.406. The highest BCUT2D eigenvalue weighted by Crippen LogP contribution is 2.28. The van der Waals surface area contributed by atoms with Crippen molar-refractivity contribution in [2.24, 2.45) is 0 Å². The molecule has 0 saturated heterocycles. The van der Waals surface area contributed by atoms with E-state index in [1.165, 1.54) is 25.7 Å². The van der Waals surface area contributed by atoms with Gasteiger partial charge < -0.3 is 9.84 Å². The second-order valence-corrected chi connectivity index (χ2v) is 5.14. The first kappa shape index (κ1) is 10.8. The lowest BCUT2D eigenvalue weighted by atomic mass is 9.95. The number of rotatable bonds is 3. The maximum atomic E-state index is 5.04. The Morgan fingerprint density at radius 1 is 1.33 bits per heavy atom. The van der Waals surface area contributed by atoms with Crippen LogP contribution in [0, 0.1) is 6.92 Å². The van der Waals surface area contributed by atoms with Crippen molar-refractivity contribution >= 4 is 17.8 Å². The quantitative estimate of drug-likeness (QED) is 0.859. The van der Waals surface area contributed by atoms with Gasteiger partial charge in [-0.15, -0.1) is 0 Å². The van der Waals surface area contributed by atoms with Gasteiger partial charge in [0.1, 0.15) is 0 Å². The van der Waals surface area contributed by atoms with Crippen molar-refractivity contribution < 1.29 is 4.52 Å². The van der Waals surface area contributed by atoms with Crippen molar-refractivity contribution in [2.75, 3.05) is 11.6 Å². The van der Waals surface area contributed by atoms with Crippen molar-refractivity contribution in [3.8, 4) is 0 Å². The Balaban J connectivity index is 1.82. The van der Waals surface area contributed by atoms with E-state index in [9.17, 15) is 0 Å². The van der Waals surface area contributed by atoms with E-state index < -0.39 is 0 Å². The molecule has 0 atom stereocenters. The van der Waals surface area contributed by atoms with Crippen LogP contribution in [0.5, 0.6) is 0 Å². The second-order valence-electron chi connectivity index (χ2n) is 4.00. The summed E-state index contributed by atoms with van der Waals surface area (Å²) in [4.78, 5) is 4.15. The predicted octanol–water partition coefficient (Wildman–Crippen LogP) is 2.46. The lowest BCUT2D eigenvalue weighted by Gasteiger charge is -2.27. The van der Waals surface area contributed by atoms with Crippen LogP contribution in [0.3, 0.4) is 0 Å². The van der Waals surface area contributed by atoms with Gasteiger partial charge in [0.2, 0.25) is 0 Å². The summed E-state index contributed by atoms with van der Waals surface area (Å²) in [5.74, 6) is 0.690. The average Bonchev–Trinajstić information content (AvgIpc) is 2.65. The van der Waals surface area contributed by atoms with Gasteiger partial charge in [0.05, 0.1) is 0 Å². The molecule has 0 bridgehead atoms. The number of aryl methyl sites for hydroxylation is 1. The van der Waals surface area contributed by atoms with Gasteiger partial charge in [0, 0.05) is 11.3 Å². The number of aromatic nitrogens is 2. The molecule has 0 unspecified atom stereocenters. The van der Waals surface area contributed by atoms with Gasteiger partial charge >= 0.3 is 6.01 Å². The lowest BCUT2D eigenvalue weighted by Crippen LogP contribution is -2.27. The summed E-state index contributed by atoms with van der Waals surface area (Å²) in [5.41, 5.74) is 0. The Morgan fingerprint density at radius 2 is 2.07 bits per heavy atom. The highest BCUT2D eigenvalue weighted by Gasteiger charge is 2.21. The summed E-state index contributed by atoms with van der Waals surface area (Å²) in [6.07, 6.45) is 7.16. The van der Waals surface area contributed by atoms with E-state index in [1.54, 1.807) is 0 Å². The van der Waals surface area contributed by atoms with Crippen LogP contribution in [0.15, 0.2) is 4.52 Å². The van der Waals surface area contributed by atoms with Gasteiger partial charge in [-0.05, 0) is 38.9 Å². The van der Waals surface area contributed by atoms with Crippen LogP contribution >= 0.6 is 11.8 Å². The molecule has 0 radical (unpaired) electrons. The molecule has 5 heteroatoms. The Bertz CT molecular complexity index is 307. The van der Waals surface area contributed by atoms with Crippen molar-refractivity contribution in [2.45, 2.75) is 43.9 Å². The van der Waals surface area contributed by atoms with Gasteiger partial charge in [-0.25, -0.2) is 0 Å². The molecule has 1 saturated carbocycles. The molecular weight excluding hydrogens is 210 g/mol. The second kappa shape index (κ2) is 4.88. The predicted molar refractivity (Wildman–Crippen MR) is 62.2 cm³/mol. The topological polar surface area (TPSA) is 51.0 Å².